The molecule has 0 saturated heterocycles. The summed E-state index contributed by atoms with van der Waals surface area (Å²) in [4.78, 5) is 0. The van der Waals surface area contributed by atoms with Crippen molar-refractivity contribution in [3.8, 4) is 0 Å². The van der Waals surface area contributed by atoms with Crippen LogP contribution in [0.25, 0.3) is 0 Å². The maximum absolute atomic E-state index is 9.32. The van der Waals surface area contributed by atoms with Gasteiger partial charge >= 0.3 is 0 Å². The first-order chi connectivity index (χ1) is 9.70. The van der Waals surface area contributed by atoms with Crippen molar-refractivity contribution >= 4 is 0 Å². The third-order valence-electron chi connectivity index (χ3n) is 3.30. The molecule has 1 aromatic heterocycles. The second-order valence-corrected chi connectivity index (χ2v) is 5.53. The molecule has 0 fully saturated rings. The summed E-state index contributed by atoms with van der Waals surface area (Å²) in [6.45, 7) is 5.14. The Bertz CT molecular complexity index is 520. The van der Waals surface area contributed by atoms with Crippen molar-refractivity contribution in [2.75, 3.05) is 0 Å². The Morgan fingerprint density at radius 2 is 1.75 bits per heavy atom. The van der Waals surface area contributed by atoms with E-state index in [1.54, 1.807) is 0 Å². The minimum atomic E-state index is -0.0432. The molecule has 2 aromatic rings. The Morgan fingerprint density at radius 3 is 2.40 bits per heavy atom. The van der Waals surface area contributed by atoms with Crippen LogP contribution < -0.4 is 0 Å². The Morgan fingerprint density at radius 1 is 1.05 bits per heavy atom. The minimum absolute atomic E-state index is 0.0432. The van der Waals surface area contributed by atoms with Gasteiger partial charge in [0.15, 0.2) is 5.82 Å². The number of aromatic nitrogens is 3. The second kappa shape index (κ2) is 7.20. The van der Waals surface area contributed by atoms with Crippen LogP contribution in [0, 0.1) is 5.92 Å². The summed E-state index contributed by atoms with van der Waals surface area (Å²) >= 11 is 0. The maximum atomic E-state index is 9.32. The molecule has 108 valence electrons. The maximum Gasteiger partial charge on any atom is 0.158 e. The Labute approximate surface area is 120 Å². The number of nitrogens with zero attached hydrogens (tertiary/aromatic N) is 3. The van der Waals surface area contributed by atoms with E-state index < -0.39 is 0 Å². The van der Waals surface area contributed by atoms with Crippen molar-refractivity contribution in [1.29, 1.82) is 0 Å². The van der Waals surface area contributed by atoms with E-state index in [4.69, 9.17) is 0 Å². The number of aliphatic hydroxyl groups is 1. The quantitative estimate of drug-likeness (QED) is 0.843. The lowest BCUT2D eigenvalue weighted by atomic mass is 10.1. The van der Waals surface area contributed by atoms with Gasteiger partial charge in [0.25, 0.3) is 0 Å². The van der Waals surface area contributed by atoms with Crippen LogP contribution in [0.1, 0.15) is 37.5 Å². The van der Waals surface area contributed by atoms with Crippen molar-refractivity contribution in [3.63, 3.8) is 0 Å². The highest BCUT2D eigenvalue weighted by atomic mass is 16.3. The normalized spacial score (nSPS) is 11.2. The molecule has 2 rings (SSSR count). The van der Waals surface area contributed by atoms with Crippen molar-refractivity contribution in [2.24, 2.45) is 5.92 Å². The predicted octanol–water partition coefficient (Wildman–Crippen LogP) is 2.60. The average Bonchev–Trinajstić information content (AvgIpc) is 2.82. The monoisotopic (exact) mass is 273 g/mol. The smallest absolute Gasteiger partial charge is 0.158 e. The lowest BCUT2D eigenvalue weighted by Crippen LogP contribution is -2.12. The molecule has 0 aliphatic heterocycles. The van der Waals surface area contributed by atoms with E-state index >= 15 is 0 Å². The topological polar surface area (TPSA) is 50.9 Å². The van der Waals surface area contributed by atoms with E-state index in [0.717, 1.165) is 31.6 Å². The van der Waals surface area contributed by atoms with Gasteiger partial charge in [0.05, 0.1) is 0 Å². The molecule has 4 nitrogen and oxygen atoms in total. The molecule has 0 atom stereocenters. The van der Waals surface area contributed by atoms with Crippen molar-refractivity contribution in [3.05, 3.63) is 47.5 Å². The van der Waals surface area contributed by atoms with Gasteiger partial charge in [-0.2, -0.15) is 0 Å². The van der Waals surface area contributed by atoms with Gasteiger partial charge in [-0.3, -0.25) is 0 Å². The molecule has 20 heavy (non-hydrogen) atoms. The number of rotatable bonds is 7. The Balaban J connectivity index is 1.97. The molecule has 1 heterocycles. The summed E-state index contributed by atoms with van der Waals surface area (Å²) in [5.74, 6) is 2.18. The van der Waals surface area contributed by atoms with E-state index in [9.17, 15) is 5.11 Å². The zero-order valence-corrected chi connectivity index (χ0v) is 12.3. The van der Waals surface area contributed by atoms with E-state index in [0.29, 0.717) is 11.7 Å². The molecule has 0 amide bonds. The van der Waals surface area contributed by atoms with Gasteiger partial charge in [0.1, 0.15) is 12.4 Å². The summed E-state index contributed by atoms with van der Waals surface area (Å²) in [6, 6.07) is 10.5. The lowest BCUT2D eigenvalue weighted by Gasteiger charge is -2.11. The lowest BCUT2D eigenvalue weighted by molar-refractivity contribution is 0.261. The molecule has 4 heteroatoms. The molecule has 0 aliphatic rings. The largest absolute Gasteiger partial charge is 0.388 e. The van der Waals surface area contributed by atoms with Crippen molar-refractivity contribution in [2.45, 2.75) is 46.3 Å². The van der Waals surface area contributed by atoms with Crippen LogP contribution in [0.3, 0.4) is 0 Å². The van der Waals surface area contributed by atoms with Crippen molar-refractivity contribution in [1.82, 2.24) is 14.8 Å². The second-order valence-electron chi connectivity index (χ2n) is 5.53. The molecule has 1 N–H and O–H groups in total. The summed E-state index contributed by atoms with van der Waals surface area (Å²) in [7, 11) is 0. The molecule has 0 radical (unpaired) electrons. The molecular weight excluding hydrogens is 250 g/mol. The van der Waals surface area contributed by atoms with Gasteiger partial charge in [-0.15, -0.1) is 10.2 Å². The van der Waals surface area contributed by atoms with Gasteiger partial charge in [-0.25, -0.2) is 0 Å². The number of hydrogen-bond donors (Lipinski definition) is 1. The van der Waals surface area contributed by atoms with Crippen LogP contribution in [0.15, 0.2) is 30.3 Å². The van der Waals surface area contributed by atoms with E-state index in [2.05, 4.69) is 52.9 Å². The predicted molar refractivity (Wildman–Crippen MR) is 79.2 cm³/mol. The summed E-state index contributed by atoms with van der Waals surface area (Å²) in [5, 5.41) is 17.6. The highest BCUT2D eigenvalue weighted by Gasteiger charge is 2.12. The molecule has 0 unspecified atom stereocenters. The third-order valence-corrected chi connectivity index (χ3v) is 3.30. The fourth-order valence-corrected chi connectivity index (χ4v) is 2.35. The molecule has 0 aliphatic carbocycles. The SMILES string of the molecule is CC(C)Cn1c(CO)nnc1CCCc1ccccc1. The summed E-state index contributed by atoms with van der Waals surface area (Å²) < 4.78 is 2.07. The Hall–Kier alpha value is -1.68. The first-order valence-corrected chi connectivity index (χ1v) is 7.26. The van der Waals surface area contributed by atoms with E-state index in [-0.39, 0.29) is 6.61 Å². The molecule has 0 saturated carbocycles. The zero-order valence-electron chi connectivity index (χ0n) is 12.3. The molecule has 1 aromatic carbocycles. The highest BCUT2D eigenvalue weighted by molar-refractivity contribution is 5.14. The van der Waals surface area contributed by atoms with Gasteiger partial charge < -0.3 is 9.67 Å². The fourth-order valence-electron chi connectivity index (χ4n) is 2.35. The molecule has 0 bridgehead atoms. The first kappa shape index (κ1) is 14.7. The third kappa shape index (κ3) is 3.90. The van der Waals surface area contributed by atoms with Crippen LogP contribution in [-0.4, -0.2) is 19.9 Å². The van der Waals surface area contributed by atoms with Gasteiger partial charge in [-0.1, -0.05) is 44.2 Å². The minimum Gasteiger partial charge on any atom is -0.388 e. The summed E-state index contributed by atoms with van der Waals surface area (Å²) in [5.41, 5.74) is 1.35. The van der Waals surface area contributed by atoms with Gasteiger partial charge in [-0.05, 0) is 24.3 Å². The fraction of sp³-hybridized carbons (Fsp3) is 0.500. The molecule has 0 spiro atoms. The van der Waals surface area contributed by atoms with Crippen LogP contribution in [0.2, 0.25) is 0 Å². The first-order valence-electron chi connectivity index (χ1n) is 7.26. The number of aliphatic hydroxyl groups excluding tert-OH is 1. The summed E-state index contributed by atoms with van der Waals surface area (Å²) in [6.07, 6.45) is 2.99. The average molecular weight is 273 g/mol. The highest BCUT2D eigenvalue weighted by Crippen LogP contribution is 2.11. The van der Waals surface area contributed by atoms with Gasteiger partial charge in [0.2, 0.25) is 0 Å². The van der Waals surface area contributed by atoms with Crippen molar-refractivity contribution < 1.29 is 5.11 Å². The molecular formula is C16H23N3O. The number of aryl methyl sites for hydroxylation is 2. The zero-order chi connectivity index (χ0) is 14.4. The van der Waals surface area contributed by atoms with E-state index in [1.807, 2.05) is 6.07 Å². The van der Waals surface area contributed by atoms with Crippen LogP contribution in [-0.2, 0) is 26.0 Å². The number of benzene rings is 1. The number of hydrogen-bond acceptors (Lipinski definition) is 3. The standard InChI is InChI=1S/C16H23N3O/c1-13(2)11-19-15(17-18-16(19)12-20)10-6-9-14-7-4-3-5-8-14/h3-5,7-8,13,20H,6,9-12H2,1-2H3. The Kier molecular flexibility index (Phi) is 5.30. The van der Waals surface area contributed by atoms with Crippen LogP contribution in [0.5, 0.6) is 0 Å². The van der Waals surface area contributed by atoms with E-state index in [1.165, 1.54) is 5.56 Å². The van der Waals surface area contributed by atoms with Crippen LogP contribution in [0.4, 0.5) is 0 Å². The van der Waals surface area contributed by atoms with Crippen LogP contribution >= 0.6 is 0 Å². The van der Waals surface area contributed by atoms with Gasteiger partial charge in [0, 0.05) is 13.0 Å².